The standard InChI is InChI=1S/C10H17N3O/c1-8(2)12-6-9(3)13(5)10(14)7-11-4/h6,11H,1,3,7H2,2,4-5H3. The number of nitrogens with one attached hydrogen (secondary N) is 1. The molecule has 14 heavy (non-hydrogen) atoms. The van der Waals surface area contributed by atoms with Gasteiger partial charge in [0.05, 0.1) is 18.5 Å². The van der Waals surface area contributed by atoms with Gasteiger partial charge in [0.25, 0.3) is 0 Å². The summed E-state index contributed by atoms with van der Waals surface area (Å²) in [4.78, 5) is 16.7. The third-order valence-corrected chi connectivity index (χ3v) is 1.57. The lowest BCUT2D eigenvalue weighted by Gasteiger charge is -2.16. The van der Waals surface area contributed by atoms with Gasteiger partial charge >= 0.3 is 0 Å². The van der Waals surface area contributed by atoms with Gasteiger partial charge in [0.15, 0.2) is 0 Å². The summed E-state index contributed by atoms with van der Waals surface area (Å²) in [6.07, 6.45) is 1.52. The maximum Gasteiger partial charge on any atom is 0.240 e. The fourth-order valence-corrected chi connectivity index (χ4v) is 0.701. The SMILES string of the molecule is C=C(C)N=CC(=C)N(C)C(=O)CNC. The molecule has 0 fully saturated rings. The van der Waals surface area contributed by atoms with Crippen LogP contribution in [-0.2, 0) is 4.79 Å². The van der Waals surface area contributed by atoms with Crippen molar-refractivity contribution >= 4 is 12.1 Å². The van der Waals surface area contributed by atoms with Crippen molar-refractivity contribution in [2.75, 3.05) is 20.6 Å². The lowest BCUT2D eigenvalue weighted by molar-refractivity contribution is -0.126. The minimum atomic E-state index is -0.0503. The molecule has 0 aromatic carbocycles. The molecule has 0 aliphatic carbocycles. The van der Waals surface area contributed by atoms with Gasteiger partial charge in [-0.05, 0) is 14.0 Å². The summed E-state index contributed by atoms with van der Waals surface area (Å²) in [6.45, 7) is 9.39. The first-order chi connectivity index (χ1) is 6.49. The van der Waals surface area contributed by atoms with E-state index in [1.807, 2.05) is 0 Å². The molecule has 0 saturated carbocycles. The fourth-order valence-electron chi connectivity index (χ4n) is 0.701. The summed E-state index contributed by atoms with van der Waals surface area (Å²) >= 11 is 0. The third kappa shape index (κ3) is 4.57. The number of allylic oxidation sites excluding steroid dienone is 2. The maximum absolute atomic E-state index is 11.3. The molecule has 0 atom stereocenters. The second-order valence-corrected chi connectivity index (χ2v) is 2.97. The van der Waals surface area contributed by atoms with E-state index in [4.69, 9.17) is 0 Å². The van der Waals surface area contributed by atoms with Crippen LogP contribution in [0.2, 0.25) is 0 Å². The van der Waals surface area contributed by atoms with E-state index >= 15 is 0 Å². The number of hydrogen-bond acceptors (Lipinski definition) is 3. The monoisotopic (exact) mass is 195 g/mol. The Hall–Kier alpha value is -1.42. The summed E-state index contributed by atoms with van der Waals surface area (Å²) in [5, 5.41) is 2.77. The number of hydrogen-bond donors (Lipinski definition) is 1. The number of aliphatic imine (C=N–C) groups is 1. The number of carbonyl (C=O) groups excluding carboxylic acids is 1. The normalized spacial score (nSPS) is 10.2. The number of likely N-dealkylation sites (N-methyl/N-ethyl adjacent to an activating group) is 2. The molecule has 0 rings (SSSR count). The highest BCUT2D eigenvalue weighted by molar-refractivity contribution is 5.88. The van der Waals surface area contributed by atoms with E-state index in [0.717, 1.165) is 0 Å². The van der Waals surface area contributed by atoms with Crippen molar-refractivity contribution < 1.29 is 4.79 Å². The Morgan fingerprint density at radius 2 is 2.14 bits per heavy atom. The van der Waals surface area contributed by atoms with Crippen molar-refractivity contribution in [3.05, 3.63) is 24.6 Å². The summed E-state index contributed by atoms with van der Waals surface area (Å²) in [7, 11) is 3.38. The minimum Gasteiger partial charge on any atom is -0.313 e. The van der Waals surface area contributed by atoms with Crippen LogP contribution >= 0.6 is 0 Å². The molecule has 78 valence electrons. The van der Waals surface area contributed by atoms with Gasteiger partial charge < -0.3 is 10.2 Å². The molecule has 0 radical (unpaired) electrons. The average molecular weight is 195 g/mol. The van der Waals surface area contributed by atoms with Crippen LogP contribution in [0.25, 0.3) is 0 Å². The van der Waals surface area contributed by atoms with Gasteiger partial charge in [0.1, 0.15) is 0 Å². The number of rotatable bonds is 5. The molecular formula is C10H17N3O. The van der Waals surface area contributed by atoms with Crippen molar-refractivity contribution in [3.63, 3.8) is 0 Å². The topological polar surface area (TPSA) is 44.7 Å². The van der Waals surface area contributed by atoms with Crippen molar-refractivity contribution in [2.24, 2.45) is 4.99 Å². The maximum atomic E-state index is 11.3. The molecule has 0 saturated heterocycles. The van der Waals surface area contributed by atoms with E-state index in [-0.39, 0.29) is 12.5 Å². The van der Waals surface area contributed by atoms with Gasteiger partial charge in [-0.25, -0.2) is 0 Å². The highest BCUT2D eigenvalue weighted by atomic mass is 16.2. The van der Waals surface area contributed by atoms with E-state index in [1.54, 1.807) is 21.0 Å². The first kappa shape index (κ1) is 12.6. The molecule has 0 heterocycles. The van der Waals surface area contributed by atoms with Crippen LogP contribution < -0.4 is 5.32 Å². The lowest BCUT2D eigenvalue weighted by Crippen LogP contribution is -2.33. The second-order valence-electron chi connectivity index (χ2n) is 2.97. The van der Waals surface area contributed by atoms with Crippen molar-refractivity contribution in [2.45, 2.75) is 6.92 Å². The Morgan fingerprint density at radius 1 is 1.57 bits per heavy atom. The summed E-state index contributed by atoms with van der Waals surface area (Å²) in [6, 6.07) is 0. The lowest BCUT2D eigenvalue weighted by atomic mass is 10.4. The van der Waals surface area contributed by atoms with Crippen LogP contribution in [0, 0.1) is 0 Å². The molecule has 4 nitrogen and oxygen atoms in total. The van der Waals surface area contributed by atoms with Crippen LogP contribution in [0.1, 0.15) is 6.92 Å². The Balaban J connectivity index is 4.25. The average Bonchev–Trinajstić information content (AvgIpc) is 2.13. The van der Waals surface area contributed by atoms with Crippen molar-refractivity contribution in [1.29, 1.82) is 0 Å². The van der Waals surface area contributed by atoms with E-state index in [9.17, 15) is 4.79 Å². The van der Waals surface area contributed by atoms with E-state index in [2.05, 4.69) is 23.5 Å². The van der Waals surface area contributed by atoms with Crippen LogP contribution in [0.15, 0.2) is 29.5 Å². The molecule has 0 aliphatic rings. The van der Waals surface area contributed by atoms with Gasteiger partial charge in [-0.3, -0.25) is 9.79 Å². The Labute approximate surface area is 85.0 Å². The van der Waals surface area contributed by atoms with Gasteiger partial charge in [-0.1, -0.05) is 13.2 Å². The van der Waals surface area contributed by atoms with E-state index in [1.165, 1.54) is 11.1 Å². The molecule has 0 unspecified atom stereocenters. The zero-order chi connectivity index (χ0) is 11.1. The summed E-state index contributed by atoms with van der Waals surface area (Å²) < 4.78 is 0. The predicted molar refractivity (Wildman–Crippen MR) is 59.1 cm³/mol. The Kier molecular flexibility index (Phi) is 5.48. The first-order valence-electron chi connectivity index (χ1n) is 4.28. The second kappa shape index (κ2) is 6.10. The van der Waals surface area contributed by atoms with Crippen molar-refractivity contribution in [3.8, 4) is 0 Å². The predicted octanol–water partition coefficient (Wildman–Crippen LogP) is 0.782. The quantitative estimate of drug-likeness (QED) is 0.659. The smallest absolute Gasteiger partial charge is 0.240 e. The fraction of sp³-hybridized carbons (Fsp3) is 0.400. The van der Waals surface area contributed by atoms with Gasteiger partial charge in [0, 0.05) is 12.7 Å². The Bertz CT molecular complexity index is 269. The van der Waals surface area contributed by atoms with E-state index < -0.39 is 0 Å². The van der Waals surface area contributed by atoms with Crippen LogP contribution in [0.5, 0.6) is 0 Å². The highest BCUT2D eigenvalue weighted by Crippen LogP contribution is 1.97. The highest BCUT2D eigenvalue weighted by Gasteiger charge is 2.08. The van der Waals surface area contributed by atoms with Gasteiger partial charge in [0.2, 0.25) is 5.91 Å². The summed E-state index contributed by atoms with van der Waals surface area (Å²) in [5.41, 5.74) is 1.23. The van der Waals surface area contributed by atoms with Gasteiger partial charge in [-0.2, -0.15) is 0 Å². The Morgan fingerprint density at radius 3 is 2.57 bits per heavy atom. The minimum absolute atomic E-state index is 0.0503. The zero-order valence-electron chi connectivity index (χ0n) is 9.00. The molecule has 0 aromatic rings. The molecule has 0 aromatic heterocycles. The molecular weight excluding hydrogens is 178 g/mol. The zero-order valence-corrected chi connectivity index (χ0v) is 9.00. The molecule has 0 spiro atoms. The summed E-state index contributed by atoms with van der Waals surface area (Å²) in [5.74, 6) is -0.0503. The molecule has 0 aliphatic heterocycles. The van der Waals surface area contributed by atoms with Crippen LogP contribution in [-0.4, -0.2) is 37.7 Å². The van der Waals surface area contributed by atoms with Crippen LogP contribution in [0.4, 0.5) is 0 Å². The number of nitrogens with zero attached hydrogens (tertiary/aromatic N) is 2. The molecule has 0 bridgehead atoms. The van der Waals surface area contributed by atoms with Crippen molar-refractivity contribution in [1.82, 2.24) is 10.2 Å². The van der Waals surface area contributed by atoms with Gasteiger partial charge in [-0.15, -0.1) is 0 Å². The molecule has 1 amide bonds. The largest absolute Gasteiger partial charge is 0.313 e. The number of carbonyl (C=O) groups is 1. The van der Waals surface area contributed by atoms with E-state index in [0.29, 0.717) is 11.4 Å². The number of amides is 1. The third-order valence-electron chi connectivity index (χ3n) is 1.57. The first-order valence-corrected chi connectivity index (χ1v) is 4.28. The molecule has 4 heteroatoms. The van der Waals surface area contributed by atoms with Crippen LogP contribution in [0.3, 0.4) is 0 Å². The molecule has 1 N–H and O–H groups in total.